The van der Waals surface area contributed by atoms with Crippen LogP contribution in [0.3, 0.4) is 0 Å². The van der Waals surface area contributed by atoms with Crippen molar-refractivity contribution in [3.63, 3.8) is 0 Å². The predicted molar refractivity (Wildman–Crippen MR) is 214 cm³/mol. The molecule has 0 saturated carbocycles. The number of anilines is 2. The number of aromatic amines is 1. The minimum absolute atomic E-state index is 0.0234. The number of benzene rings is 1. The summed E-state index contributed by atoms with van der Waals surface area (Å²) in [5.41, 5.74) is 6.91. The van der Waals surface area contributed by atoms with Crippen LogP contribution in [-0.4, -0.2) is 163 Å². The number of H-pyrrole nitrogens is 1. The van der Waals surface area contributed by atoms with Gasteiger partial charge >= 0.3 is 23.9 Å². The standard InChI is InChI=1S/C38H50N10O12/c39-30-18-28-34(36(56)45-30)43-25(20-42-28)19-41-24-5-3-23(4-6-24)35(55)44-27(37(57)58)8-10-31(50)40-11-1-2-26(49)7-9-29(38(59)60)48-16-14-46(21-32(51)52)12-13-47(15-17-48)22-33(53)54/h3-6,18,20,27,29,41H,1-2,7-17,19,21-22H2,(H,40,50)(H,44,55)(H,51,52)(H,53,54)(H,57,58)(H,59,60)(H3,39,45,56)/t27-,29?/m0/s1. The van der Waals surface area contributed by atoms with Gasteiger partial charge in [0, 0.05) is 82.4 Å². The van der Waals surface area contributed by atoms with E-state index in [0.717, 1.165) is 0 Å². The molecule has 2 aromatic heterocycles. The first-order chi connectivity index (χ1) is 28.6. The van der Waals surface area contributed by atoms with E-state index in [1.807, 2.05) is 0 Å². The Hall–Kier alpha value is -6.52. The Morgan fingerprint density at radius 2 is 1.45 bits per heavy atom. The Morgan fingerprint density at radius 1 is 0.817 bits per heavy atom. The highest BCUT2D eigenvalue weighted by molar-refractivity contribution is 5.97. The van der Waals surface area contributed by atoms with E-state index in [1.165, 1.54) is 24.4 Å². The van der Waals surface area contributed by atoms with Crippen molar-refractivity contribution in [3.8, 4) is 0 Å². The molecule has 3 aromatic rings. The number of carbonyl (C=O) groups excluding carboxylic acids is 3. The van der Waals surface area contributed by atoms with E-state index in [1.54, 1.807) is 26.8 Å². The first-order valence-corrected chi connectivity index (χ1v) is 19.2. The van der Waals surface area contributed by atoms with Crippen LogP contribution >= 0.6 is 0 Å². The van der Waals surface area contributed by atoms with Gasteiger partial charge in [-0.15, -0.1) is 0 Å². The minimum atomic E-state index is -1.37. The van der Waals surface area contributed by atoms with Crippen LogP contribution in [0.5, 0.6) is 0 Å². The monoisotopic (exact) mass is 838 g/mol. The summed E-state index contributed by atoms with van der Waals surface area (Å²) in [5, 5.41) is 46.4. The zero-order valence-electron chi connectivity index (χ0n) is 32.8. The molecular formula is C38H50N10O12. The fourth-order valence-corrected chi connectivity index (χ4v) is 6.53. The average Bonchev–Trinajstić information content (AvgIpc) is 3.27. The summed E-state index contributed by atoms with van der Waals surface area (Å²) < 4.78 is 0. The lowest BCUT2D eigenvalue weighted by Crippen LogP contribution is -2.47. The number of nitrogen functional groups attached to an aromatic ring is 1. The Labute approximate surface area is 343 Å². The third kappa shape index (κ3) is 15.0. The number of fused-ring (bicyclic) bond motifs is 1. The maximum absolute atomic E-state index is 12.8. The molecular weight excluding hydrogens is 788 g/mol. The van der Waals surface area contributed by atoms with Crippen LogP contribution in [0.15, 0.2) is 41.3 Å². The van der Waals surface area contributed by atoms with Crippen LogP contribution in [0, 0.1) is 0 Å². The van der Waals surface area contributed by atoms with Crippen molar-refractivity contribution in [2.24, 2.45) is 0 Å². The molecule has 10 N–H and O–H groups in total. The van der Waals surface area contributed by atoms with E-state index < -0.39 is 53.3 Å². The number of nitrogens with one attached hydrogen (secondary N) is 4. The number of rotatable bonds is 22. The summed E-state index contributed by atoms with van der Waals surface area (Å²) in [4.78, 5) is 113. The number of nitrogens with two attached hydrogens (primary N) is 1. The zero-order valence-corrected chi connectivity index (χ0v) is 32.8. The van der Waals surface area contributed by atoms with E-state index >= 15 is 0 Å². The van der Waals surface area contributed by atoms with Crippen LogP contribution in [0.2, 0.25) is 0 Å². The SMILES string of the molecule is Nc1cc2ncc(CNc3ccc(C(=O)N[C@@H](CCC(=O)NCCCC(=O)CCC(C(=O)O)N4CCN(CC(=O)O)CCN(CC(=O)O)CC4)C(=O)O)cc3)nc2c(=O)[nH]1. The fourth-order valence-electron chi connectivity index (χ4n) is 6.53. The fraction of sp³-hybridized carbons (Fsp3) is 0.474. The number of hydrogen-bond donors (Lipinski definition) is 9. The lowest BCUT2D eigenvalue weighted by molar-refractivity contribution is -0.145. The van der Waals surface area contributed by atoms with Gasteiger partial charge in [-0.3, -0.25) is 53.2 Å². The van der Waals surface area contributed by atoms with Crippen LogP contribution < -0.4 is 27.2 Å². The highest BCUT2D eigenvalue weighted by atomic mass is 16.4. The number of hydrogen-bond acceptors (Lipinski definition) is 15. The van der Waals surface area contributed by atoms with E-state index in [0.29, 0.717) is 30.0 Å². The molecule has 1 fully saturated rings. The molecule has 22 nitrogen and oxygen atoms in total. The summed E-state index contributed by atoms with van der Waals surface area (Å²) in [7, 11) is 0. The summed E-state index contributed by atoms with van der Waals surface area (Å²) in [6, 6.07) is 5.24. The molecule has 324 valence electrons. The van der Waals surface area contributed by atoms with Crippen molar-refractivity contribution in [2.75, 3.05) is 70.0 Å². The summed E-state index contributed by atoms with van der Waals surface area (Å²) in [6.07, 6.45) is 1.26. The van der Waals surface area contributed by atoms with Crippen molar-refractivity contribution in [2.45, 2.75) is 57.2 Å². The second-order valence-corrected chi connectivity index (χ2v) is 14.2. The Morgan fingerprint density at radius 3 is 2.05 bits per heavy atom. The van der Waals surface area contributed by atoms with Gasteiger partial charge in [0.25, 0.3) is 11.5 Å². The Kier molecular flexibility index (Phi) is 17.4. The first-order valence-electron chi connectivity index (χ1n) is 19.2. The van der Waals surface area contributed by atoms with Gasteiger partial charge in [0.05, 0.1) is 37.0 Å². The van der Waals surface area contributed by atoms with E-state index in [4.69, 9.17) is 5.73 Å². The lowest BCUT2D eigenvalue weighted by Gasteiger charge is -2.30. The van der Waals surface area contributed by atoms with Crippen LogP contribution in [0.4, 0.5) is 11.5 Å². The number of carboxylic acid groups (broad SMARTS) is 4. The number of amides is 2. The van der Waals surface area contributed by atoms with Crippen LogP contribution in [-0.2, 0) is 35.3 Å². The average molecular weight is 839 g/mol. The van der Waals surface area contributed by atoms with Gasteiger partial charge in [-0.2, -0.15) is 0 Å². The molecule has 0 radical (unpaired) electrons. The maximum atomic E-state index is 12.8. The quantitative estimate of drug-likeness (QED) is 0.0563. The third-order valence-corrected chi connectivity index (χ3v) is 9.73. The molecule has 1 aliphatic heterocycles. The largest absolute Gasteiger partial charge is 0.480 e. The van der Waals surface area contributed by atoms with Crippen LogP contribution in [0.1, 0.15) is 54.6 Å². The number of Topliss-reactive ketones (excluding diaryl/α,β-unsaturated/α-hetero) is 1. The molecule has 0 aliphatic carbocycles. The Balaban J connectivity index is 1.17. The highest BCUT2D eigenvalue weighted by Gasteiger charge is 2.29. The molecule has 4 rings (SSSR count). The van der Waals surface area contributed by atoms with E-state index in [-0.39, 0.29) is 114 Å². The highest BCUT2D eigenvalue weighted by Crippen LogP contribution is 2.15. The molecule has 2 amide bonds. The van der Waals surface area contributed by atoms with Gasteiger partial charge in [0.15, 0.2) is 5.52 Å². The minimum Gasteiger partial charge on any atom is -0.480 e. The molecule has 3 heterocycles. The molecule has 0 bridgehead atoms. The van der Waals surface area contributed by atoms with Gasteiger partial charge in [0.2, 0.25) is 5.91 Å². The number of ketones is 1. The second-order valence-electron chi connectivity index (χ2n) is 14.2. The van der Waals surface area contributed by atoms with Gasteiger partial charge in [-0.05, 0) is 43.5 Å². The maximum Gasteiger partial charge on any atom is 0.326 e. The number of aliphatic carboxylic acids is 4. The zero-order chi connectivity index (χ0) is 43.8. The van der Waals surface area contributed by atoms with Crippen molar-refractivity contribution < 1.29 is 54.0 Å². The van der Waals surface area contributed by atoms with Crippen LogP contribution in [0.25, 0.3) is 11.0 Å². The molecule has 60 heavy (non-hydrogen) atoms. The molecule has 1 aromatic carbocycles. The van der Waals surface area contributed by atoms with Gasteiger partial charge in [0.1, 0.15) is 23.7 Å². The number of carbonyl (C=O) groups is 7. The normalized spacial score (nSPS) is 15.1. The molecule has 1 aliphatic rings. The van der Waals surface area contributed by atoms with E-state index in [9.17, 15) is 58.8 Å². The lowest BCUT2D eigenvalue weighted by atomic mass is 10.0. The number of pyridine rings is 1. The molecule has 1 unspecified atom stereocenters. The van der Waals surface area contributed by atoms with Crippen molar-refractivity contribution in [1.82, 2.24) is 40.3 Å². The van der Waals surface area contributed by atoms with Gasteiger partial charge in [-0.25, -0.2) is 9.78 Å². The van der Waals surface area contributed by atoms with Gasteiger partial charge in [-0.1, -0.05) is 0 Å². The first kappa shape index (κ1) is 46.2. The summed E-state index contributed by atoms with van der Waals surface area (Å²) >= 11 is 0. The molecule has 0 spiro atoms. The van der Waals surface area contributed by atoms with Gasteiger partial charge < -0.3 is 47.1 Å². The van der Waals surface area contributed by atoms with Crippen molar-refractivity contribution in [3.05, 3.63) is 58.1 Å². The molecule has 22 heteroatoms. The summed E-state index contributed by atoms with van der Waals surface area (Å²) in [5.74, 6) is -5.85. The predicted octanol–water partition coefficient (Wildman–Crippen LogP) is -0.737. The second kappa shape index (κ2) is 22.6. The number of aromatic nitrogens is 3. The number of nitrogens with zero attached hydrogens (tertiary/aromatic N) is 5. The van der Waals surface area contributed by atoms with Crippen molar-refractivity contribution in [1.29, 1.82) is 0 Å². The third-order valence-electron chi connectivity index (χ3n) is 9.73. The molecule has 2 atom stereocenters. The molecule has 1 saturated heterocycles. The summed E-state index contributed by atoms with van der Waals surface area (Å²) in [6.45, 7) is 1.21. The van der Waals surface area contributed by atoms with E-state index in [2.05, 4.69) is 30.9 Å². The topological polar surface area (TPSA) is 331 Å². The Bertz CT molecular complexity index is 2050. The number of carboxylic acids is 4. The van der Waals surface area contributed by atoms with Crippen molar-refractivity contribution >= 4 is 64.0 Å². The smallest absolute Gasteiger partial charge is 0.326 e.